The first-order valence-electron chi connectivity index (χ1n) is 7.61. The Hall–Kier alpha value is -2.00. The maximum atomic E-state index is 6.21. The normalized spacial score (nSPS) is 17.2. The number of hydrogen-bond donors (Lipinski definition) is 1. The maximum absolute atomic E-state index is 6.21. The van der Waals surface area contributed by atoms with E-state index in [-0.39, 0.29) is 6.10 Å². The van der Waals surface area contributed by atoms with Crippen molar-refractivity contribution in [1.29, 1.82) is 0 Å². The van der Waals surface area contributed by atoms with Gasteiger partial charge in [0, 0.05) is 13.1 Å². The monoisotopic (exact) mass is 282 g/mol. The SMILES string of the molecule is CCc1ccc2c(c1)N(CCN)CC(c1ccccc1)O2. The van der Waals surface area contributed by atoms with Crippen LogP contribution in [0.25, 0.3) is 0 Å². The van der Waals surface area contributed by atoms with Gasteiger partial charge in [-0.05, 0) is 29.7 Å². The smallest absolute Gasteiger partial charge is 0.143 e. The van der Waals surface area contributed by atoms with Crippen molar-refractivity contribution in [1.82, 2.24) is 0 Å². The lowest BCUT2D eigenvalue weighted by Crippen LogP contribution is -2.38. The number of rotatable bonds is 4. The molecule has 21 heavy (non-hydrogen) atoms. The van der Waals surface area contributed by atoms with E-state index >= 15 is 0 Å². The van der Waals surface area contributed by atoms with Gasteiger partial charge < -0.3 is 15.4 Å². The number of aryl methyl sites for hydroxylation is 1. The molecule has 1 aliphatic heterocycles. The fraction of sp³-hybridized carbons (Fsp3) is 0.333. The number of fused-ring (bicyclic) bond motifs is 1. The Labute approximate surface area is 126 Å². The summed E-state index contributed by atoms with van der Waals surface area (Å²) in [7, 11) is 0. The second kappa shape index (κ2) is 6.19. The third-order valence-electron chi connectivity index (χ3n) is 4.00. The fourth-order valence-electron chi connectivity index (χ4n) is 2.83. The molecule has 0 saturated carbocycles. The van der Waals surface area contributed by atoms with Crippen LogP contribution < -0.4 is 15.4 Å². The molecule has 2 N–H and O–H groups in total. The lowest BCUT2D eigenvalue weighted by atomic mass is 10.0. The van der Waals surface area contributed by atoms with Gasteiger partial charge in [0.2, 0.25) is 0 Å². The van der Waals surface area contributed by atoms with E-state index < -0.39 is 0 Å². The molecule has 0 amide bonds. The highest BCUT2D eigenvalue weighted by Gasteiger charge is 2.26. The minimum absolute atomic E-state index is 0.0673. The Kier molecular flexibility index (Phi) is 4.11. The molecule has 0 saturated heterocycles. The zero-order chi connectivity index (χ0) is 14.7. The Morgan fingerprint density at radius 3 is 2.71 bits per heavy atom. The second-order valence-electron chi connectivity index (χ2n) is 5.41. The number of nitrogens with zero attached hydrogens (tertiary/aromatic N) is 1. The Bertz CT molecular complexity index is 597. The van der Waals surface area contributed by atoms with E-state index in [1.807, 2.05) is 6.07 Å². The minimum atomic E-state index is 0.0673. The van der Waals surface area contributed by atoms with E-state index in [9.17, 15) is 0 Å². The molecule has 1 atom stereocenters. The second-order valence-corrected chi connectivity index (χ2v) is 5.41. The highest BCUT2D eigenvalue weighted by Crippen LogP contribution is 2.38. The van der Waals surface area contributed by atoms with Gasteiger partial charge in [0.15, 0.2) is 0 Å². The van der Waals surface area contributed by atoms with Gasteiger partial charge in [0.1, 0.15) is 11.9 Å². The highest BCUT2D eigenvalue weighted by molar-refractivity contribution is 5.62. The molecule has 0 bridgehead atoms. The molecule has 3 nitrogen and oxygen atoms in total. The molecule has 2 aromatic carbocycles. The lowest BCUT2D eigenvalue weighted by molar-refractivity contribution is 0.197. The fourth-order valence-corrected chi connectivity index (χ4v) is 2.83. The maximum Gasteiger partial charge on any atom is 0.143 e. The number of anilines is 1. The molecular formula is C18H22N2O. The first kappa shape index (κ1) is 14.0. The van der Waals surface area contributed by atoms with Crippen molar-refractivity contribution in [2.45, 2.75) is 19.4 Å². The van der Waals surface area contributed by atoms with Gasteiger partial charge in [-0.15, -0.1) is 0 Å². The van der Waals surface area contributed by atoms with Crippen LogP contribution in [0.3, 0.4) is 0 Å². The summed E-state index contributed by atoms with van der Waals surface area (Å²) in [6.07, 6.45) is 1.10. The molecule has 110 valence electrons. The summed E-state index contributed by atoms with van der Waals surface area (Å²) >= 11 is 0. The Morgan fingerprint density at radius 2 is 2.00 bits per heavy atom. The zero-order valence-corrected chi connectivity index (χ0v) is 12.5. The van der Waals surface area contributed by atoms with Crippen LogP contribution in [0.1, 0.15) is 24.2 Å². The molecular weight excluding hydrogens is 260 g/mol. The van der Waals surface area contributed by atoms with E-state index in [2.05, 4.69) is 54.3 Å². The summed E-state index contributed by atoms with van der Waals surface area (Å²) in [5, 5.41) is 0. The van der Waals surface area contributed by atoms with Gasteiger partial charge in [0.25, 0.3) is 0 Å². The van der Waals surface area contributed by atoms with Gasteiger partial charge >= 0.3 is 0 Å². The number of benzene rings is 2. The first-order valence-corrected chi connectivity index (χ1v) is 7.61. The standard InChI is InChI=1S/C18H22N2O/c1-2-14-8-9-17-16(12-14)20(11-10-19)13-18(21-17)15-6-4-3-5-7-15/h3-9,12,18H,2,10-11,13,19H2,1H3. The van der Waals surface area contributed by atoms with Crippen molar-refractivity contribution in [2.75, 3.05) is 24.5 Å². The molecule has 0 aliphatic carbocycles. The summed E-state index contributed by atoms with van der Waals surface area (Å²) < 4.78 is 6.21. The van der Waals surface area contributed by atoms with Crippen LogP contribution in [-0.4, -0.2) is 19.6 Å². The largest absolute Gasteiger partial charge is 0.482 e. The third-order valence-corrected chi connectivity index (χ3v) is 4.00. The first-order chi connectivity index (χ1) is 10.3. The average Bonchev–Trinajstić information content (AvgIpc) is 2.55. The van der Waals surface area contributed by atoms with Crippen molar-refractivity contribution < 1.29 is 4.74 Å². The molecule has 1 heterocycles. The van der Waals surface area contributed by atoms with Gasteiger partial charge in [-0.3, -0.25) is 0 Å². The molecule has 1 unspecified atom stereocenters. The van der Waals surface area contributed by atoms with Crippen LogP contribution >= 0.6 is 0 Å². The molecule has 2 aromatic rings. The predicted octanol–water partition coefficient (Wildman–Crippen LogP) is 3.15. The van der Waals surface area contributed by atoms with Crippen molar-refractivity contribution in [3.63, 3.8) is 0 Å². The summed E-state index contributed by atoms with van der Waals surface area (Å²) in [5.74, 6) is 0.959. The summed E-state index contributed by atoms with van der Waals surface area (Å²) in [5.41, 5.74) is 9.51. The van der Waals surface area contributed by atoms with Crippen LogP contribution in [0.5, 0.6) is 5.75 Å². The lowest BCUT2D eigenvalue weighted by Gasteiger charge is -2.36. The Balaban J connectivity index is 1.94. The van der Waals surface area contributed by atoms with Crippen LogP contribution in [0, 0.1) is 0 Å². The van der Waals surface area contributed by atoms with Crippen molar-refractivity contribution in [2.24, 2.45) is 5.73 Å². The molecule has 0 spiro atoms. The van der Waals surface area contributed by atoms with Gasteiger partial charge in [-0.2, -0.15) is 0 Å². The topological polar surface area (TPSA) is 38.5 Å². The van der Waals surface area contributed by atoms with E-state index in [1.165, 1.54) is 16.8 Å². The van der Waals surface area contributed by atoms with Crippen LogP contribution in [0.15, 0.2) is 48.5 Å². The zero-order valence-electron chi connectivity index (χ0n) is 12.5. The summed E-state index contributed by atoms with van der Waals surface area (Å²) in [6.45, 7) is 4.52. The predicted molar refractivity (Wildman–Crippen MR) is 86.9 cm³/mol. The van der Waals surface area contributed by atoms with Crippen molar-refractivity contribution >= 4 is 5.69 Å². The van der Waals surface area contributed by atoms with Crippen molar-refractivity contribution in [3.8, 4) is 5.75 Å². The Morgan fingerprint density at radius 1 is 1.19 bits per heavy atom. The van der Waals surface area contributed by atoms with Crippen LogP contribution in [0.4, 0.5) is 5.69 Å². The van der Waals surface area contributed by atoms with Crippen molar-refractivity contribution in [3.05, 3.63) is 59.7 Å². The van der Waals surface area contributed by atoms with Crippen LogP contribution in [0.2, 0.25) is 0 Å². The molecule has 0 aromatic heterocycles. The summed E-state index contributed by atoms with van der Waals surface area (Å²) in [4.78, 5) is 2.34. The minimum Gasteiger partial charge on any atom is -0.482 e. The summed E-state index contributed by atoms with van der Waals surface area (Å²) in [6, 6.07) is 16.9. The van der Waals surface area contributed by atoms with Crippen LogP contribution in [-0.2, 0) is 6.42 Å². The highest BCUT2D eigenvalue weighted by atomic mass is 16.5. The molecule has 3 rings (SSSR count). The number of hydrogen-bond acceptors (Lipinski definition) is 3. The molecule has 0 radical (unpaired) electrons. The molecule has 1 aliphatic rings. The van der Waals surface area contributed by atoms with E-state index in [1.54, 1.807) is 0 Å². The van der Waals surface area contributed by atoms with Gasteiger partial charge in [-0.25, -0.2) is 0 Å². The van der Waals surface area contributed by atoms with Gasteiger partial charge in [0.05, 0.1) is 12.2 Å². The van der Waals surface area contributed by atoms with E-state index in [0.29, 0.717) is 6.54 Å². The number of nitrogens with two attached hydrogens (primary N) is 1. The molecule has 3 heteroatoms. The number of ether oxygens (including phenoxy) is 1. The van der Waals surface area contributed by atoms with Gasteiger partial charge in [-0.1, -0.05) is 43.3 Å². The average molecular weight is 282 g/mol. The quantitative estimate of drug-likeness (QED) is 0.936. The molecule has 0 fully saturated rings. The van der Waals surface area contributed by atoms with E-state index in [0.717, 1.165) is 25.3 Å². The van der Waals surface area contributed by atoms with E-state index in [4.69, 9.17) is 10.5 Å². The third kappa shape index (κ3) is 2.88.